The van der Waals surface area contributed by atoms with Gasteiger partial charge in [-0.2, -0.15) is 16.8 Å². The summed E-state index contributed by atoms with van der Waals surface area (Å²) in [6, 6.07) is -0.00975. The summed E-state index contributed by atoms with van der Waals surface area (Å²) in [6.07, 6.45) is 0.901. The third-order valence-corrected chi connectivity index (χ3v) is 3.35. The van der Waals surface area contributed by atoms with Gasteiger partial charge in [0.15, 0.2) is 0 Å². The van der Waals surface area contributed by atoms with Crippen molar-refractivity contribution in [3.63, 3.8) is 0 Å². The van der Waals surface area contributed by atoms with Crippen LogP contribution in [0.3, 0.4) is 0 Å². The van der Waals surface area contributed by atoms with Crippen molar-refractivity contribution >= 4 is 23.6 Å². The zero-order chi connectivity index (χ0) is 11.4. The first-order chi connectivity index (χ1) is 7.07. The molecule has 1 aliphatic rings. The molecule has 1 rings (SSSR count). The molecule has 1 aliphatic heterocycles. The molecule has 0 aromatic rings. The second kappa shape index (κ2) is 5.39. The summed E-state index contributed by atoms with van der Waals surface area (Å²) in [7, 11) is 0. The summed E-state index contributed by atoms with van der Waals surface area (Å²) in [6.45, 7) is 6.11. The van der Waals surface area contributed by atoms with Crippen LogP contribution in [0.25, 0.3) is 0 Å². The molecule has 1 heterocycles. The van der Waals surface area contributed by atoms with Crippen LogP contribution in [-0.2, 0) is 0 Å². The molecule has 0 radical (unpaired) electrons. The van der Waals surface area contributed by atoms with E-state index in [0.717, 1.165) is 17.9 Å². The fourth-order valence-corrected chi connectivity index (χ4v) is 2.40. The number of urea groups is 1. The average Bonchev–Trinajstić information content (AvgIpc) is 2.42. The third kappa shape index (κ3) is 2.87. The van der Waals surface area contributed by atoms with E-state index in [1.165, 1.54) is 0 Å². The highest BCUT2D eigenvalue weighted by Gasteiger charge is 2.34. The Balaban J connectivity index is 2.59. The van der Waals surface area contributed by atoms with Crippen LogP contribution in [0, 0.1) is 0 Å². The molecule has 0 bridgehead atoms. The number of amides is 2. The van der Waals surface area contributed by atoms with Crippen LogP contribution < -0.4 is 5.73 Å². The van der Waals surface area contributed by atoms with Gasteiger partial charge in [-0.3, -0.25) is 0 Å². The smallest absolute Gasteiger partial charge is 0.346 e. The molecule has 1 unspecified atom stereocenters. The van der Waals surface area contributed by atoms with Gasteiger partial charge in [-0.15, -0.1) is 0 Å². The molecule has 0 aromatic carbocycles. The van der Waals surface area contributed by atoms with E-state index in [9.17, 15) is 4.79 Å². The summed E-state index contributed by atoms with van der Waals surface area (Å²) in [4.78, 5) is 17.1. The van der Waals surface area contributed by atoms with Crippen molar-refractivity contribution < 1.29 is 4.79 Å². The van der Waals surface area contributed by atoms with Crippen molar-refractivity contribution in [3.05, 3.63) is 0 Å². The van der Waals surface area contributed by atoms with E-state index < -0.39 is 0 Å². The number of rotatable bonds is 5. The molecule has 0 aliphatic carbocycles. The topological polar surface area (TPSA) is 58.7 Å². The van der Waals surface area contributed by atoms with E-state index in [4.69, 9.17) is 5.73 Å². The molecular formula is C10H19N3OS. The quantitative estimate of drug-likeness (QED) is 0.730. The number of carbonyl (C=O) groups is 1. The highest BCUT2D eigenvalue weighted by atomic mass is 32.2. The third-order valence-electron chi connectivity index (χ3n) is 2.42. The zero-order valence-corrected chi connectivity index (χ0v) is 10.4. The maximum absolute atomic E-state index is 11.5. The lowest BCUT2D eigenvalue weighted by molar-refractivity contribution is 0.189. The van der Waals surface area contributed by atoms with Gasteiger partial charge >= 0.3 is 6.03 Å². The lowest BCUT2D eigenvalue weighted by Gasteiger charge is -2.27. The number of hydrogen-bond acceptors (Lipinski definition) is 3. The van der Waals surface area contributed by atoms with Crippen molar-refractivity contribution in [2.45, 2.75) is 39.3 Å². The standard InChI is InChI=1S/C10H19N3OS/c1-4-15-6-5-8-9(11)12-10(14)13(8)7(2)3/h7-8H,4-6H2,1-3H3,(H2,11,12,14). The molecule has 4 nitrogen and oxygen atoms in total. The zero-order valence-electron chi connectivity index (χ0n) is 9.56. The molecular weight excluding hydrogens is 210 g/mol. The number of nitrogens with zero attached hydrogens (tertiary/aromatic N) is 2. The first-order valence-corrected chi connectivity index (χ1v) is 6.47. The summed E-state index contributed by atoms with van der Waals surface area (Å²) in [5.74, 6) is 2.60. The minimum atomic E-state index is -0.186. The molecule has 86 valence electrons. The Morgan fingerprint density at radius 1 is 1.60 bits per heavy atom. The van der Waals surface area contributed by atoms with E-state index in [2.05, 4.69) is 11.9 Å². The first kappa shape index (κ1) is 12.4. The Morgan fingerprint density at radius 2 is 2.27 bits per heavy atom. The van der Waals surface area contributed by atoms with Gasteiger partial charge in [-0.25, -0.2) is 4.79 Å². The SMILES string of the molecule is CCSCCC1C(N)=NC(=O)N1C(C)C. The second-order valence-electron chi connectivity index (χ2n) is 3.82. The summed E-state index contributed by atoms with van der Waals surface area (Å²) >= 11 is 1.86. The van der Waals surface area contributed by atoms with Gasteiger partial charge in [0.05, 0.1) is 6.04 Å². The van der Waals surface area contributed by atoms with Crippen LogP contribution in [0.1, 0.15) is 27.2 Å². The van der Waals surface area contributed by atoms with Crippen LogP contribution in [0.2, 0.25) is 0 Å². The first-order valence-electron chi connectivity index (χ1n) is 5.32. The summed E-state index contributed by atoms with van der Waals surface area (Å²) in [5, 5.41) is 0. The fraction of sp³-hybridized carbons (Fsp3) is 0.800. The minimum absolute atomic E-state index is 0.0107. The molecule has 0 aromatic heterocycles. The predicted octanol–water partition coefficient (Wildman–Crippen LogP) is 1.70. The number of amidine groups is 1. The number of aliphatic imine (C=N–C) groups is 1. The summed E-state index contributed by atoms with van der Waals surface area (Å²) in [5.41, 5.74) is 5.76. The van der Waals surface area contributed by atoms with Crippen LogP contribution >= 0.6 is 11.8 Å². The van der Waals surface area contributed by atoms with Crippen molar-refractivity contribution in [3.8, 4) is 0 Å². The normalized spacial score (nSPS) is 21.3. The molecule has 0 spiro atoms. The Kier molecular flexibility index (Phi) is 4.45. The van der Waals surface area contributed by atoms with E-state index in [1.54, 1.807) is 4.90 Å². The predicted molar refractivity (Wildman–Crippen MR) is 65.4 cm³/mol. The fourth-order valence-electron chi connectivity index (χ4n) is 1.73. The molecule has 0 saturated carbocycles. The lowest BCUT2D eigenvalue weighted by atomic mass is 10.1. The van der Waals surface area contributed by atoms with Gasteiger partial charge in [-0.05, 0) is 31.8 Å². The highest BCUT2D eigenvalue weighted by Crippen LogP contribution is 2.19. The van der Waals surface area contributed by atoms with E-state index in [0.29, 0.717) is 5.84 Å². The Hall–Kier alpha value is -0.710. The maximum atomic E-state index is 11.5. The molecule has 5 heteroatoms. The van der Waals surface area contributed by atoms with Gasteiger partial charge in [0.25, 0.3) is 0 Å². The monoisotopic (exact) mass is 229 g/mol. The van der Waals surface area contributed by atoms with Crippen molar-refractivity contribution in [1.82, 2.24) is 4.90 Å². The number of carbonyl (C=O) groups excluding carboxylic acids is 1. The van der Waals surface area contributed by atoms with Crippen LogP contribution in [0.5, 0.6) is 0 Å². The molecule has 1 atom stereocenters. The molecule has 2 N–H and O–H groups in total. The Bertz CT molecular complexity index is 265. The van der Waals surface area contributed by atoms with E-state index in [1.807, 2.05) is 25.6 Å². The largest absolute Gasteiger partial charge is 0.385 e. The Morgan fingerprint density at radius 3 is 2.80 bits per heavy atom. The highest BCUT2D eigenvalue weighted by molar-refractivity contribution is 7.99. The average molecular weight is 229 g/mol. The van der Waals surface area contributed by atoms with Crippen molar-refractivity contribution in [1.29, 1.82) is 0 Å². The number of thioether (sulfide) groups is 1. The number of hydrogen-bond donors (Lipinski definition) is 1. The van der Waals surface area contributed by atoms with Gasteiger partial charge < -0.3 is 10.6 Å². The summed E-state index contributed by atoms with van der Waals surface area (Å²) < 4.78 is 0. The van der Waals surface area contributed by atoms with Crippen molar-refractivity contribution in [2.75, 3.05) is 11.5 Å². The maximum Gasteiger partial charge on any atom is 0.346 e. The van der Waals surface area contributed by atoms with Crippen molar-refractivity contribution in [2.24, 2.45) is 10.7 Å². The molecule has 0 saturated heterocycles. The molecule has 0 fully saturated rings. The Labute approximate surface area is 95.3 Å². The van der Waals surface area contributed by atoms with Crippen LogP contribution in [0.15, 0.2) is 4.99 Å². The minimum Gasteiger partial charge on any atom is -0.385 e. The number of nitrogens with two attached hydrogens (primary N) is 1. The van der Waals surface area contributed by atoms with Crippen LogP contribution in [-0.4, -0.2) is 40.4 Å². The molecule has 2 amide bonds. The van der Waals surface area contributed by atoms with Gasteiger partial charge in [0, 0.05) is 6.04 Å². The molecule has 15 heavy (non-hydrogen) atoms. The van der Waals surface area contributed by atoms with E-state index in [-0.39, 0.29) is 18.1 Å². The second-order valence-corrected chi connectivity index (χ2v) is 5.22. The van der Waals surface area contributed by atoms with Crippen LogP contribution in [0.4, 0.5) is 4.79 Å². The lowest BCUT2D eigenvalue weighted by Crippen LogP contribution is -2.44. The van der Waals surface area contributed by atoms with E-state index >= 15 is 0 Å². The van der Waals surface area contributed by atoms with Gasteiger partial charge in [-0.1, -0.05) is 6.92 Å². The van der Waals surface area contributed by atoms with Gasteiger partial charge in [0.2, 0.25) is 0 Å². The van der Waals surface area contributed by atoms with Gasteiger partial charge in [0.1, 0.15) is 5.84 Å².